The molecule has 2 aromatic rings. The Labute approximate surface area is 194 Å². The maximum atomic E-state index is 12.9. The second kappa shape index (κ2) is 9.02. The molecule has 0 N–H and O–H groups in total. The summed E-state index contributed by atoms with van der Waals surface area (Å²) in [4.78, 5) is 34.0. The second-order valence-electron chi connectivity index (χ2n) is 9.29. The van der Waals surface area contributed by atoms with Crippen LogP contribution in [0.5, 0.6) is 11.5 Å². The Kier molecular flexibility index (Phi) is 6.14. The Balaban J connectivity index is 1.33. The molecule has 2 aliphatic rings. The van der Waals surface area contributed by atoms with Crippen molar-refractivity contribution in [1.82, 2.24) is 14.7 Å². The van der Waals surface area contributed by atoms with Crippen molar-refractivity contribution in [3.05, 3.63) is 65.5 Å². The van der Waals surface area contributed by atoms with Crippen molar-refractivity contribution in [3.8, 4) is 11.5 Å². The number of carbonyl (C=O) groups excluding carboxylic acids is 2. The van der Waals surface area contributed by atoms with Gasteiger partial charge in [-0.05, 0) is 50.6 Å². The molecule has 0 saturated carbocycles. The molecule has 0 radical (unpaired) electrons. The molecule has 2 aromatic carbocycles. The summed E-state index contributed by atoms with van der Waals surface area (Å²) < 4.78 is 11.3. The maximum absolute atomic E-state index is 12.9. The van der Waals surface area contributed by atoms with Crippen molar-refractivity contribution >= 4 is 17.8 Å². The van der Waals surface area contributed by atoms with Crippen LogP contribution in [-0.4, -0.2) is 64.6 Å². The summed E-state index contributed by atoms with van der Waals surface area (Å²) in [6, 6.07) is 14.6. The van der Waals surface area contributed by atoms with Gasteiger partial charge in [-0.3, -0.25) is 0 Å². The first kappa shape index (κ1) is 22.5. The highest BCUT2D eigenvalue weighted by Crippen LogP contribution is 2.26. The summed E-state index contributed by atoms with van der Waals surface area (Å²) in [5.41, 5.74) is 1.03. The van der Waals surface area contributed by atoms with Gasteiger partial charge < -0.3 is 24.2 Å². The molecule has 2 aliphatic heterocycles. The van der Waals surface area contributed by atoms with Crippen LogP contribution >= 0.6 is 0 Å². The molecule has 2 fully saturated rings. The first-order chi connectivity index (χ1) is 15.7. The fraction of sp³-hybridized carbons (Fsp3) is 0.400. The normalized spacial score (nSPS) is 18.1. The van der Waals surface area contributed by atoms with Gasteiger partial charge in [-0.2, -0.15) is 0 Å². The van der Waals surface area contributed by atoms with Crippen molar-refractivity contribution in [1.29, 1.82) is 0 Å². The molecule has 8 nitrogen and oxygen atoms in total. The van der Waals surface area contributed by atoms with Crippen LogP contribution in [0.3, 0.4) is 0 Å². The van der Waals surface area contributed by atoms with E-state index < -0.39 is 5.60 Å². The van der Waals surface area contributed by atoms with Gasteiger partial charge in [-0.15, -0.1) is 0 Å². The Morgan fingerprint density at radius 3 is 2.27 bits per heavy atom. The van der Waals surface area contributed by atoms with E-state index in [0.29, 0.717) is 49.9 Å². The van der Waals surface area contributed by atoms with Crippen LogP contribution in [0.2, 0.25) is 0 Å². The fourth-order valence-corrected chi connectivity index (χ4v) is 4.01. The van der Waals surface area contributed by atoms with Gasteiger partial charge in [-0.1, -0.05) is 24.3 Å². The van der Waals surface area contributed by atoms with Crippen molar-refractivity contribution in [2.75, 3.05) is 26.2 Å². The number of benzene rings is 2. The molecule has 0 aliphatic carbocycles. The van der Waals surface area contributed by atoms with Gasteiger partial charge in [0, 0.05) is 32.7 Å². The van der Waals surface area contributed by atoms with Crippen molar-refractivity contribution in [3.63, 3.8) is 0 Å². The molecular weight excluding hydrogens is 420 g/mol. The van der Waals surface area contributed by atoms with E-state index in [1.165, 1.54) is 0 Å². The van der Waals surface area contributed by atoms with Crippen LogP contribution in [0.4, 0.5) is 15.3 Å². The molecule has 1 atom stereocenters. The molecule has 33 heavy (non-hydrogen) atoms. The van der Waals surface area contributed by atoms with Crippen molar-refractivity contribution < 1.29 is 19.1 Å². The zero-order chi connectivity index (χ0) is 23.6. The van der Waals surface area contributed by atoms with Crippen molar-refractivity contribution in [2.45, 2.75) is 39.0 Å². The minimum atomic E-state index is -0.539. The highest BCUT2D eigenvalue weighted by atomic mass is 16.6. The quantitative estimate of drug-likeness (QED) is 0.625. The number of rotatable bonds is 4. The van der Waals surface area contributed by atoms with Gasteiger partial charge in [0.2, 0.25) is 0 Å². The fourth-order valence-electron chi connectivity index (χ4n) is 4.01. The van der Waals surface area contributed by atoms with Gasteiger partial charge in [0.05, 0.1) is 12.6 Å². The van der Waals surface area contributed by atoms with Crippen LogP contribution in [-0.2, 0) is 11.3 Å². The first-order valence-corrected chi connectivity index (χ1v) is 11.0. The van der Waals surface area contributed by atoms with E-state index in [0.717, 1.165) is 5.56 Å². The molecule has 2 saturated heterocycles. The standard InChI is InChI=1S/C25H28N4O4/c1-25(2,3)33-24(31)27-13-14-29-20(16-27)17-28(23(29)30)15-18-5-9-21(10-6-18)32-22-11-7-19(26-4)8-12-22/h5-12,20H,13-17H2,1-3H3/t20-/m0/s1. The third-order valence-electron chi connectivity index (χ3n) is 5.58. The third-order valence-corrected chi connectivity index (χ3v) is 5.58. The average molecular weight is 449 g/mol. The maximum Gasteiger partial charge on any atom is 0.410 e. The highest BCUT2D eigenvalue weighted by molar-refractivity contribution is 5.78. The summed E-state index contributed by atoms with van der Waals surface area (Å²) in [5.74, 6) is 1.35. The number of fused-ring (bicyclic) bond motifs is 1. The second-order valence-corrected chi connectivity index (χ2v) is 9.29. The Morgan fingerprint density at radius 2 is 1.67 bits per heavy atom. The number of carbonyl (C=O) groups is 2. The molecule has 0 unspecified atom stereocenters. The van der Waals surface area contributed by atoms with Crippen LogP contribution in [0.1, 0.15) is 26.3 Å². The largest absolute Gasteiger partial charge is 0.457 e. The summed E-state index contributed by atoms with van der Waals surface area (Å²) >= 11 is 0. The monoisotopic (exact) mass is 448 g/mol. The van der Waals surface area contributed by atoms with E-state index in [9.17, 15) is 9.59 Å². The first-order valence-electron chi connectivity index (χ1n) is 11.0. The molecule has 4 rings (SSSR count). The Bertz CT molecular complexity index is 1050. The molecule has 2 heterocycles. The van der Waals surface area contributed by atoms with E-state index in [4.69, 9.17) is 16.0 Å². The lowest BCUT2D eigenvalue weighted by molar-refractivity contribution is 0.0127. The summed E-state index contributed by atoms with van der Waals surface area (Å²) in [6.45, 7) is 15.1. The number of hydrogen-bond acceptors (Lipinski definition) is 4. The van der Waals surface area contributed by atoms with E-state index in [1.54, 1.807) is 29.2 Å². The van der Waals surface area contributed by atoms with Crippen LogP contribution in [0.25, 0.3) is 4.85 Å². The number of ether oxygens (including phenoxy) is 2. The van der Waals surface area contributed by atoms with E-state index in [1.807, 2.05) is 54.8 Å². The number of piperazine rings is 1. The predicted molar refractivity (Wildman–Crippen MR) is 123 cm³/mol. The van der Waals surface area contributed by atoms with Crippen LogP contribution in [0, 0.1) is 6.57 Å². The van der Waals surface area contributed by atoms with Gasteiger partial charge in [0.25, 0.3) is 0 Å². The molecular formula is C25H28N4O4. The zero-order valence-electron chi connectivity index (χ0n) is 19.2. The summed E-state index contributed by atoms with van der Waals surface area (Å²) in [5, 5.41) is 0. The van der Waals surface area contributed by atoms with Gasteiger partial charge >= 0.3 is 12.1 Å². The molecule has 8 heteroatoms. The molecule has 0 bridgehead atoms. The van der Waals surface area contributed by atoms with Crippen LogP contribution in [0.15, 0.2) is 48.5 Å². The minimum Gasteiger partial charge on any atom is -0.457 e. The zero-order valence-corrected chi connectivity index (χ0v) is 19.2. The van der Waals surface area contributed by atoms with Crippen molar-refractivity contribution in [2.24, 2.45) is 0 Å². The molecule has 172 valence electrons. The molecule has 0 aromatic heterocycles. The number of hydrogen-bond donors (Lipinski definition) is 0. The van der Waals surface area contributed by atoms with E-state index >= 15 is 0 Å². The summed E-state index contributed by atoms with van der Waals surface area (Å²) in [7, 11) is 0. The highest BCUT2D eigenvalue weighted by Gasteiger charge is 2.42. The minimum absolute atomic E-state index is 0.00376. The van der Waals surface area contributed by atoms with Gasteiger partial charge in [-0.25, -0.2) is 14.4 Å². The smallest absolute Gasteiger partial charge is 0.410 e. The van der Waals surface area contributed by atoms with E-state index in [2.05, 4.69) is 4.85 Å². The molecule has 3 amide bonds. The summed E-state index contributed by atoms with van der Waals surface area (Å²) in [6.07, 6.45) is -0.327. The lowest BCUT2D eigenvalue weighted by Crippen LogP contribution is -2.54. The predicted octanol–water partition coefficient (Wildman–Crippen LogP) is 4.89. The number of urea groups is 1. The van der Waals surface area contributed by atoms with E-state index in [-0.39, 0.29) is 18.2 Å². The lowest BCUT2D eigenvalue weighted by atomic mass is 10.2. The SMILES string of the molecule is [C-]#[N+]c1ccc(Oc2ccc(CN3C[C@@H]4CN(C(=O)OC(C)(C)C)CCN4C3=O)cc2)cc1. The molecule has 0 spiro atoms. The topological polar surface area (TPSA) is 66.7 Å². The van der Waals surface area contributed by atoms with Crippen LogP contribution < -0.4 is 4.74 Å². The number of amides is 3. The number of nitrogens with zero attached hydrogens (tertiary/aromatic N) is 4. The lowest BCUT2D eigenvalue weighted by Gasteiger charge is -2.37. The van der Waals surface area contributed by atoms with Gasteiger partial charge in [0.1, 0.15) is 17.1 Å². The average Bonchev–Trinajstić information content (AvgIpc) is 3.09. The Hall–Kier alpha value is -3.73. The Morgan fingerprint density at radius 1 is 1.03 bits per heavy atom. The van der Waals surface area contributed by atoms with Gasteiger partial charge in [0.15, 0.2) is 5.69 Å². The third kappa shape index (κ3) is 5.37.